The van der Waals surface area contributed by atoms with Gasteiger partial charge in [-0.15, -0.1) is 0 Å². The number of ether oxygens (including phenoxy) is 1. The SMILES string of the molecule is CC1CCCN(c2nc(C(F)(F)F)c(C(=O)Cc3ccc(N4CCC5(CCN(C(=O)OC6CCCC6)CC5)C4)nc3)o2)C1. The van der Waals surface area contributed by atoms with Crippen molar-refractivity contribution in [3.05, 3.63) is 35.3 Å². The summed E-state index contributed by atoms with van der Waals surface area (Å²) < 4.78 is 52.5. The molecular formula is C31H40F3N5O4. The van der Waals surface area contributed by atoms with Crippen molar-refractivity contribution in [2.75, 3.05) is 49.1 Å². The van der Waals surface area contributed by atoms with Crippen molar-refractivity contribution in [3.63, 3.8) is 0 Å². The third-order valence-corrected chi connectivity index (χ3v) is 9.65. The highest BCUT2D eigenvalue weighted by molar-refractivity contribution is 5.96. The van der Waals surface area contributed by atoms with Gasteiger partial charge in [-0.3, -0.25) is 4.79 Å². The summed E-state index contributed by atoms with van der Waals surface area (Å²) in [5.74, 6) is -0.441. The van der Waals surface area contributed by atoms with Crippen LogP contribution in [0.25, 0.3) is 0 Å². The zero-order valence-corrected chi connectivity index (χ0v) is 24.7. The lowest BCUT2D eigenvalue weighted by atomic mass is 9.78. The van der Waals surface area contributed by atoms with E-state index in [4.69, 9.17) is 9.15 Å². The van der Waals surface area contributed by atoms with Gasteiger partial charge in [0, 0.05) is 51.9 Å². The average molecular weight is 604 g/mol. The third-order valence-electron chi connectivity index (χ3n) is 9.65. The van der Waals surface area contributed by atoms with Crippen molar-refractivity contribution in [2.45, 2.75) is 83.4 Å². The van der Waals surface area contributed by atoms with E-state index >= 15 is 0 Å². The molecule has 9 nitrogen and oxygen atoms in total. The van der Waals surface area contributed by atoms with Crippen LogP contribution in [0.1, 0.15) is 86.5 Å². The van der Waals surface area contributed by atoms with Crippen molar-refractivity contribution in [3.8, 4) is 0 Å². The fraction of sp³-hybridized carbons (Fsp3) is 0.677. The van der Waals surface area contributed by atoms with E-state index in [-0.39, 0.29) is 30.0 Å². The molecule has 0 radical (unpaired) electrons. The van der Waals surface area contributed by atoms with E-state index in [2.05, 4.69) is 14.9 Å². The second-order valence-electron chi connectivity index (χ2n) is 12.9. The van der Waals surface area contributed by atoms with Gasteiger partial charge in [0.1, 0.15) is 11.9 Å². The number of pyridine rings is 1. The lowest BCUT2D eigenvalue weighted by molar-refractivity contribution is -0.141. The van der Waals surface area contributed by atoms with Gasteiger partial charge < -0.3 is 23.9 Å². The largest absolute Gasteiger partial charge is 0.446 e. The number of aromatic nitrogens is 2. The highest BCUT2D eigenvalue weighted by atomic mass is 19.4. The maximum Gasteiger partial charge on any atom is 0.437 e. The van der Waals surface area contributed by atoms with Crippen LogP contribution in [-0.2, 0) is 17.3 Å². The Hall–Kier alpha value is -3.31. The Morgan fingerprint density at radius 3 is 2.44 bits per heavy atom. The number of anilines is 2. The van der Waals surface area contributed by atoms with Gasteiger partial charge in [0.15, 0.2) is 5.69 Å². The van der Waals surface area contributed by atoms with E-state index in [0.717, 1.165) is 76.7 Å². The predicted octanol–water partition coefficient (Wildman–Crippen LogP) is 6.12. The maximum atomic E-state index is 13.8. The van der Waals surface area contributed by atoms with Gasteiger partial charge in [-0.2, -0.15) is 18.2 Å². The topological polar surface area (TPSA) is 92.0 Å². The summed E-state index contributed by atoms with van der Waals surface area (Å²) in [6, 6.07) is 3.42. The van der Waals surface area contributed by atoms with Crippen LogP contribution in [0.4, 0.5) is 29.8 Å². The maximum absolute atomic E-state index is 13.8. The smallest absolute Gasteiger partial charge is 0.437 e. The molecule has 6 rings (SSSR count). The molecule has 1 amide bonds. The van der Waals surface area contributed by atoms with Crippen molar-refractivity contribution in [1.29, 1.82) is 0 Å². The molecule has 1 spiro atoms. The second kappa shape index (κ2) is 12.0. The van der Waals surface area contributed by atoms with Crippen molar-refractivity contribution >= 4 is 23.7 Å². The Balaban J connectivity index is 1.05. The highest BCUT2D eigenvalue weighted by Crippen LogP contribution is 2.42. The molecule has 1 atom stereocenters. The van der Waals surface area contributed by atoms with Gasteiger partial charge >= 0.3 is 12.3 Å². The molecule has 4 fully saturated rings. The number of carbonyl (C=O) groups excluding carboxylic acids is 2. The van der Waals surface area contributed by atoms with Crippen LogP contribution in [0.3, 0.4) is 0 Å². The number of rotatable bonds is 6. The molecule has 4 aliphatic rings. The zero-order valence-electron chi connectivity index (χ0n) is 24.7. The fourth-order valence-corrected chi connectivity index (χ4v) is 7.09. The Bertz CT molecular complexity index is 1300. The Kier molecular flexibility index (Phi) is 8.30. The molecule has 0 bridgehead atoms. The Morgan fingerprint density at radius 1 is 1.02 bits per heavy atom. The number of hydrogen-bond donors (Lipinski definition) is 0. The van der Waals surface area contributed by atoms with Crippen LogP contribution in [0.15, 0.2) is 22.7 Å². The van der Waals surface area contributed by atoms with Crippen molar-refractivity contribution in [1.82, 2.24) is 14.9 Å². The van der Waals surface area contributed by atoms with Crippen LogP contribution in [-0.4, -0.2) is 72.1 Å². The third kappa shape index (κ3) is 6.62. The highest BCUT2D eigenvalue weighted by Gasteiger charge is 2.43. The van der Waals surface area contributed by atoms with Crippen molar-refractivity contribution in [2.24, 2.45) is 11.3 Å². The number of carbonyl (C=O) groups is 2. The number of nitrogens with zero attached hydrogens (tertiary/aromatic N) is 5. The molecule has 1 aliphatic carbocycles. The lowest BCUT2D eigenvalue weighted by Gasteiger charge is -2.39. The van der Waals surface area contributed by atoms with Gasteiger partial charge in [0.25, 0.3) is 6.01 Å². The summed E-state index contributed by atoms with van der Waals surface area (Å²) in [6.07, 6.45) is 5.20. The normalized spacial score (nSPS) is 22.9. The summed E-state index contributed by atoms with van der Waals surface area (Å²) in [5.41, 5.74) is -0.644. The lowest BCUT2D eigenvalue weighted by Crippen LogP contribution is -2.45. The molecule has 2 aromatic rings. The van der Waals surface area contributed by atoms with E-state index in [1.165, 1.54) is 0 Å². The quantitative estimate of drug-likeness (QED) is 0.365. The van der Waals surface area contributed by atoms with Crippen LogP contribution in [0.5, 0.6) is 0 Å². The van der Waals surface area contributed by atoms with E-state index in [0.29, 0.717) is 37.7 Å². The molecule has 12 heteroatoms. The summed E-state index contributed by atoms with van der Waals surface area (Å²) in [6.45, 7) is 6.16. The molecule has 2 aromatic heterocycles. The van der Waals surface area contributed by atoms with E-state index in [1.807, 2.05) is 17.9 Å². The van der Waals surface area contributed by atoms with Gasteiger partial charge in [-0.05, 0) is 80.8 Å². The van der Waals surface area contributed by atoms with Crippen LogP contribution in [0, 0.1) is 11.3 Å². The molecule has 1 saturated carbocycles. The molecular weight excluding hydrogens is 563 g/mol. The number of likely N-dealkylation sites (tertiary alicyclic amines) is 1. The number of hydrogen-bond acceptors (Lipinski definition) is 8. The first kappa shape index (κ1) is 29.7. The van der Waals surface area contributed by atoms with Crippen molar-refractivity contribution < 1.29 is 31.9 Å². The van der Waals surface area contributed by atoms with Gasteiger partial charge in [0.05, 0.1) is 0 Å². The fourth-order valence-electron chi connectivity index (χ4n) is 7.09. The van der Waals surface area contributed by atoms with E-state index in [9.17, 15) is 22.8 Å². The molecule has 3 aliphatic heterocycles. The van der Waals surface area contributed by atoms with Gasteiger partial charge in [-0.25, -0.2) is 9.78 Å². The first-order valence-electron chi connectivity index (χ1n) is 15.6. The number of amides is 1. The second-order valence-corrected chi connectivity index (χ2v) is 12.9. The zero-order chi connectivity index (χ0) is 30.2. The summed E-state index contributed by atoms with van der Waals surface area (Å²) in [5, 5.41) is 0. The standard InChI is InChI=1S/C31H40F3N5O4/c1-21-5-4-13-38(19-21)28-36-27(31(32,33)34)26(43-28)24(40)17-22-8-9-25(35-18-22)39-16-12-30(20-39)10-14-37(15-11-30)29(41)42-23-6-2-3-7-23/h8-9,18,21,23H,2-7,10-17,19-20H2,1H3. The predicted molar refractivity (Wildman–Crippen MR) is 153 cm³/mol. The summed E-state index contributed by atoms with van der Waals surface area (Å²) in [7, 11) is 0. The van der Waals surface area contributed by atoms with E-state index in [1.54, 1.807) is 17.2 Å². The monoisotopic (exact) mass is 603 g/mol. The van der Waals surface area contributed by atoms with Crippen LogP contribution in [0.2, 0.25) is 0 Å². The number of piperidine rings is 2. The minimum atomic E-state index is -4.80. The number of Topliss-reactive ketones (excluding diaryl/α,β-unsaturated/α-hetero) is 1. The summed E-state index contributed by atoms with van der Waals surface area (Å²) in [4.78, 5) is 39.6. The molecule has 1 unspecified atom stereocenters. The molecule has 43 heavy (non-hydrogen) atoms. The molecule has 5 heterocycles. The molecule has 3 saturated heterocycles. The minimum absolute atomic E-state index is 0.0677. The first-order chi connectivity index (χ1) is 20.6. The average Bonchev–Trinajstić information content (AvgIpc) is 3.75. The minimum Gasteiger partial charge on any atom is -0.446 e. The van der Waals surface area contributed by atoms with E-state index < -0.39 is 23.4 Å². The number of ketones is 1. The molecule has 0 aromatic carbocycles. The van der Waals surface area contributed by atoms with Crippen LogP contribution < -0.4 is 9.80 Å². The van der Waals surface area contributed by atoms with Gasteiger partial charge in [0.2, 0.25) is 11.5 Å². The summed E-state index contributed by atoms with van der Waals surface area (Å²) >= 11 is 0. The number of halogens is 3. The number of alkyl halides is 3. The Labute approximate surface area is 249 Å². The first-order valence-corrected chi connectivity index (χ1v) is 15.6. The molecule has 234 valence electrons. The Morgan fingerprint density at radius 2 is 1.77 bits per heavy atom. The van der Waals surface area contributed by atoms with Gasteiger partial charge in [-0.1, -0.05) is 13.0 Å². The molecule has 0 N–H and O–H groups in total. The van der Waals surface area contributed by atoms with Crippen LogP contribution >= 0.6 is 0 Å². The number of oxazole rings is 1.